The molecule has 1 nitrogen and oxygen atoms in total. The number of anilines is 2. The van der Waals surface area contributed by atoms with Crippen molar-refractivity contribution in [1.82, 2.24) is 0 Å². The smallest absolute Gasteiger partial charge is 0.0408 e. The van der Waals surface area contributed by atoms with Crippen LogP contribution in [0.1, 0.15) is 25.0 Å². The molecule has 0 fully saturated rings. The topological polar surface area (TPSA) is 3.24 Å². The highest BCUT2D eigenvalue weighted by Crippen LogP contribution is 2.52. The van der Waals surface area contributed by atoms with E-state index in [0.717, 1.165) is 0 Å². The first-order valence-corrected chi connectivity index (χ1v) is 12.3. The van der Waals surface area contributed by atoms with Crippen molar-refractivity contribution in [2.75, 3.05) is 11.9 Å². The summed E-state index contributed by atoms with van der Waals surface area (Å²) in [6.07, 6.45) is 0. The van der Waals surface area contributed by atoms with E-state index in [1.807, 2.05) is 0 Å². The largest absolute Gasteiger partial charge is 0.345 e. The first-order valence-electron chi connectivity index (χ1n) is 12.3. The van der Waals surface area contributed by atoms with E-state index in [9.17, 15) is 0 Å². The van der Waals surface area contributed by atoms with E-state index in [0.29, 0.717) is 0 Å². The van der Waals surface area contributed by atoms with Gasteiger partial charge in [-0.25, -0.2) is 0 Å². The quantitative estimate of drug-likeness (QED) is 0.263. The molecule has 5 aromatic carbocycles. The summed E-state index contributed by atoms with van der Waals surface area (Å²) in [5.41, 5.74) is 13.0. The van der Waals surface area contributed by atoms with Crippen LogP contribution in [-0.4, -0.2) is 7.05 Å². The van der Waals surface area contributed by atoms with Crippen molar-refractivity contribution in [3.05, 3.63) is 132 Å². The van der Waals surface area contributed by atoms with E-state index in [1.54, 1.807) is 0 Å². The molecule has 1 heteroatoms. The molecule has 35 heavy (non-hydrogen) atoms. The standard InChI is InChI=1S/C34H29N/c1-34(2)32-15-8-7-12-30(32)31-14-9-13-29(33(31)34)26-18-22-28(23-19-26)35(3)27-20-16-25(17-21-27)24-10-5-4-6-11-24/h4-23H,1-3H3. The van der Waals surface area contributed by atoms with E-state index < -0.39 is 0 Å². The van der Waals surface area contributed by atoms with Gasteiger partial charge in [-0.2, -0.15) is 0 Å². The maximum absolute atomic E-state index is 2.35. The van der Waals surface area contributed by atoms with Crippen LogP contribution in [0.5, 0.6) is 0 Å². The summed E-state index contributed by atoms with van der Waals surface area (Å²) < 4.78 is 0. The fourth-order valence-corrected chi connectivity index (χ4v) is 5.61. The van der Waals surface area contributed by atoms with Crippen LogP contribution in [0, 0.1) is 0 Å². The third kappa shape index (κ3) is 3.56. The number of hydrogen-bond donors (Lipinski definition) is 0. The summed E-state index contributed by atoms with van der Waals surface area (Å²) in [6.45, 7) is 4.70. The summed E-state index contributed by atoms with van der Waals surface area (Å²) in [7, 11) is 2.13. The normalized spacial score (nSPS) is 13.2. The van der Waals surface area contributed by atoms with Gasteiger partial charge in [-0.05, 0) is 68.8 Å². The Bertz CT molecular complexity index is 1490. The van der Waals surface area contributed by atoms with Crippen molar-refractivity contribution in [2.45, 2.75) is 19.3 Å². The van der Waals surface area contributed by atoms with Crippen molar-refractivity contribution >= 4 is 11.4 Å². The fourth-order valence-electron chi connectivity index (χ4n) is 5.61. The first-order chi connectivity index (χ1) is 17.0. The first kappa shape index (κ1) is 21.4. The second kappa shape index (κ2) is 8.29. The predicted molar refractivity (Wildman–Crippen MR) is 149 cm³/mol. The molecule has 0 bridgehead atoms. The minimum absolute atomic E-state index is 0.0154. The van der Waals surface area contributed by atoms with Crippen LogP contribution in [-0.2, 0) is 5.41 Å². The minimum Gasteiger partial charge on any atom is -0.345 e. The van der Waals surface area contributed by atoms with Gasteiger partial charge in [0.05, 0.1) is 0 Å². The molecule has 0 heterocycles. The van der Waals surface area contributed by atoms with Crippen molar-refractivity contribution in [3.63, 3.8) is 0 Å². The number of nitrogens with zero attached hydrogens (tertiary/aromatic N) is 1. The fraction of sp³-hybridized carbons (Fsp3) is 0.118. The molecule has 0 spiro atoms. The van der Waals surface area contributed by atoms with Gasteiger partial charge in [0.1, 0.15) is 0 Å². The van der Waals surface area contributed by atoms with Crippen molar-refractivity contribution in [3.8, 4) is 33.4 Å². The molecule has 170 valence electrons. The van der Waals surface area contributed by atoms with Crippen LogP contribution in [0.15, 0.2) is 121 Å². The average molecular weight is 452 g/mol. The molecule has 0 N–H and O–H groups in total. The molecule has 0 radical (unpaired) electrons. The summed E-state index contributed by atoms with van der Waals surface area (Å²) in [4.78, 5) is 2.24. The van der Waals surface area contributed by atoms with Gasteiger partial charge < -0.3 is 4.90 Å². The maximum Gasteiger partial charge on any atom is 0.0408 e. The maximum atomic E-state index is 2.35. The lowest BCUT2D eigenvalue weighted by Crippen LogP contribution is -2.16. The highest BCUT2D eigenvalue weighted by Gasteiger charge is 2.37. The third-order valence-electron chi connectivity index (χ3n) is 7.51. The highest BCUT2D eigenvalue weighted by atomic mass is 15.1. The van der Waals surface area contributed by atoms with Crippen molar-refractivity contribution in [2.24, 2.45) is 0 Å². The molecule has 5 aromatic rings. The van der Waals surface area contributed by atoms with Crippen LogP contribution < -0.4 is 4.90 Å². The Hall–Kier alpha value is -4.10. The Balaban J connectivity index is 1.31. The molecule has 1 aliphatic carbocycles. The summed E-state index contributed by atoms with van der Waals surface area (Å²) in [5.74, 6) is 0. The van der Waals surface area contributed by atoms with Crippen LogP contribution in [0.2, 0.25) is 0 Å². The molecule has 1 aliphatic rings. The molecule has 0 unspecified atom stereocenters. The molecule has 0 saturated heterocycles. The third-order valence-corrected chi connectivity index (χ3v) is 7.51. The Morgan fingerprint density at radius 3 is 1.66 bits per heavy atom. The monoisotopic (exact) mass is 451 g/mol. The molecule has 0 aromatic heterocycles. The Morgan fingerprint density at radius 1 is 0.457 bits per heavy atom. The summed E-state index contributed by atoms with van der Waals surface area (Å²) >= 11 is 0. The summed E-state index contributed by atoms with van der Waals surface area (Å²) in [5, 5.41) is 0. The zero-order valence-corrected chi connectivity index (χ0v) is 20.5. The van der Waals surface area contributed by atoms with Crippen molar-refractivity contribution in [1.29, 1.82) is 0 Å². The van der Waals surface area contributed by atoms with Gasteiger partial charge in [0.25, 0.3) is 0 Å². The SMILES string of the molecule is CN(c1ccc(-c2ccccc2)cc1)c1ccc(-c2cccc3c2C(C)(C)c2ccccc2-3)cc1. The predicted octanol–water partition coefficient (Wildman–Crippen LogP) is 9.09. The molecule has 6 rings (SSSR count). The zero-order valence-electron chi connectivity index (χ0n) is 20.5. The molecular weight excluding hydrogens is 422 g/mol. The molecule has 0 aliphatic heterocycles. The number of rotatable bonds is 4. The van der Waals surface area contributed by atoms with Crippen LogP contribution in [0.25, 0.3) is 33.4 Å². The lowest BCUT2D eigenvalue weighted by molar-refractivity contribution is 0.662. The lowest BCUT2D eigenvalue weighted by Gasteiger charge is -2.25. The second-order valence-corrected chi connectivity index (χ2v) is 9.92. The Kier molecular flexibility index (Phi) is 5.07. The van der Waals surface area contributed by atoms with Crippen LogP contribution in [0.4, 0.5) is 11.4 Å². The molecular formula is C34H29N. The van der Waals surface area contributed by atoms with E-state index in [2.05, 4.69) is 147 Å². The highest BCUT2D eigenvalue weighted by molar-refractivity contribution is 5.88. The molecule has 0 saturated carbocycles. The summed E-state index contributed by atoms with van der Waals surface area (Å²) in [6, 6.07) is 43.9. The van der Waals surface area contributed by atoms with Gasteiger partial charge in [0, 0.05) is 23.8 Å². The van der Waals surface area contributed by atoms with Gasteiger partial charge in [-0.3, -0.25) is 0 Å². The minimum atomic E-state index is -0.0154. The lowest BCUT2D eigenvalue weighted by atomic mass is 9.79. The Morgan fingerprint density at radius 2 is 0.971 bits per heavy atom. The zero-order chi connectivity index (χ0) is 24.0. The second-order valence-electron chi connectivity index (χ2n) is 9.92. The molecule has 0 amide bonds. The van der Waals surface area contributed by atoms with E-state index in [1.165, 1.54) is 55.9 Å². The number of hydrogen-bond acceptors (Lipinski definition) is 1. The average Bonchev–Trinajstić information content (AvgIpc) is 3.16. The van der Waals surface area contributed by atoms with Gasteiger partial charge in [-0.15, -0.1) is 0 Å². The molecule has 0 atom stereocenters. The van der Waals surface area contributed by atoms with Crippen LogP contribution in [0.3, 0.4) is 0 Å². The van der Waals surface area contributed by atoms with Gasteiger partial charge >= 0.3 is 0 Å². The van der Waals surface area contributed by atoms with E-state index >= 15 is 0 Å². The van der Waals surface area contributed by atoms with E-state index in [-0.39, 0.29) is 5.41 Å². The van der Waals surface area contributed by atoms with Crippen molar-refractivity contribution < 1.29 is 0 Å². The van der Waals surface area contributed by atoms with Gasteiger partial charge in [0.15, 0.2) is 0 Å². The Labute approximate surface area is 208 Å². The number of benzene rings is 5. The van der Waals surface area contributed by atoms with E-state index in [4.69, 9.17) is 0 Å². The number of fused-ring (bicyclic) bond motifs is 3. The van der Waals surface area contributed by atoms with Crippen LogP contribution >= 0.6 is 0 Å². The van der Waals surface area contributed by atoms with Gasteiger partial charge in [0.2, 0.25) is 0 Å². The van der Waals surface area contributed by atoms with Gasteiger partial charge in [-0.1, -0.05) is 111 Å².